The molecule has 1 fully saturated rings. The molecule has 1 aromatic heterocycles. The molecular formula is C12H17Br2NS. The van der Waals surface area contributed by atoms with Crippen molar-refractivity contribution in [3.63, 3.8) is 0 Å². The van der Waals surface area contributed by atoms with Crippen molar-refractivity contribution in [3.8, 4) is 0 Å². The lowest BCUT2D eigenvalue weighted by molar-refractivity contribution is 0.355. The van der Waals surface area contributed by atoms with Crippen LogP contribution in [-0.2, 0) is 0 Å². The third kappa shape index (κ3) is 2.89. The van der Waals surface area contributed by atoms with Gasteiger partial charge in [-0.2, -0.15) is 0 Å². The number of nitrogens with one attached hydrogen (secondary N) is 1. The van der Waals surface area contributed by atoms with Crippen LogP contribution in [0.15, 0.2) is 13.6 Å². The Morgan fingerprint density at radius 3 is 2.62 bits per heavy atom. The topological polar surface area (TPSA) is 12.0 Å². The van der Waals surface area contributed by atoms with Gasteiger partial charge in [0.1, 0.15) is 0 Å². The molecule has 4 heteroatoms. The molecular weight excluding hydrogens is 350 g/mol. The van der Waals surface area contributed by atoms with Gasteiger partial charge in [-0.15, -0.1) is 11.3 Å². The van der Waals surface area contributed by atoms with Crippen LogP contribution >= 0.6 is 43.2 Å². The second-order valence-corrected chi connectivity index (χ2v) is 8.26. The molecule has 1 N–H and O–H groups in total. The first-order chi connectivity index (χ1) is 7.63. The molecule has 0 aliphatic heterocycles. The van der Waals surface area contributed by atoms with Gasteiger partial charge in [0.15, 0.2) is 0 Å². The summed E-state index contributed by atoms with van der Waals surface area (Å²) in [6.07, 6.45) is 2.82. The molecule has 2 atom stereocenters. The smallest absolute Gasteiger partial charge is 0.0758 e. The van der Waals surface area contributed by atoms with E-state index in [-0.39, 0.29) is 0 Å². The van der Waals surface area contributed by atoms with Gasteiger partial charge < -0.3 is 5.32 Å². The molecule has 0 spiro atoms. The van der Waals surface area contributed by atoms with Crippen molar-refractivity contribution < 1.29 is 0 Å². The lowest BCUT2D eigenvalue weighted by atomic mass is 9.92. The molecule has 1 aliphatic rings. The Labute approximate surface area is 118 Å². The van der Waals surface area contributed by atoms with Gasteiger partial charge in [0, 0.05) is 6.04 Å². The largest absolute Gasteiger partial charge is 0.310 e. The Morgan fingerprint density at radius 2 is 2.19 bits per heavy atom. The Morgan fingerprint density at radius 1 is 1.50 bits per heavy atom. The average Bonchev–Trinajstić information content (AvgIpc) is 3.01. The zero-order valence-electron chi connectivity index (χ0n) is 9.59. The van der Waals surface area contributed by atoms with Gasteiger partial charge >= 0.3 is 0 Å². The Bertz CT molecular complexity index is 360. The van der Waals surface area contributed by atoms with E-state index in [0.29, 0.717) is 6.04 Å². The van der Waals surface area contributed by atoms with Crippen LogP contribution in [0.25, 0.3) is 0 Å². The van der Waals surface area contributed by atoms with E-state index in [2.05, 4.69) is 57.1 Å². The van der Waals surface area contributed by atoms with Crippen molar-refractivity contribution in [2.75, 3.05) is 6.54 Å². The summed E-state index contributed by atoms with van der Waals surface area (Å²) in [7, 11) is 0. The van der Waals surface area contributed by atoms with Gasteiger partial charge in [-0.3, -0.25) is 0 Å². The van der Waals surface area contributed by atoms with Crippen LogP contribution in [0.3, 0.4) is 0 Å². The van der Waals surface area contributed by atoms with E-state index in [9.17, 15) is 0 Å². The molecule has 1 nitrogen and oxygen atoms in total. The number of thiophene rings is 1. The molecule has 2 unspecified atom stereocenters. The summed E-state index contributed by atoms with van der Waals surface area (Å²) in [5.74, 6) is 1.66. The number of hydrogen-bond donors (Lipinski definition) is 1. The van der Waals surface area contributed by atoms with Crippen LogP contribution in [0.1, 0.15) is 38.3 Å². The van der Waals surface area contributed by atoms with Crippen molar-refractivity contribution in [1.82, 2.24) is 5.32 Å². The van der Waals surface area contributed by atoms with Crippen LogP contribution in [-0.4, -0.2) is 6.54 Å². The maximum Gasteiger partial charge on any atom is 0.0758 e. The number of rotatable bonds is 5. The van der Waals surface area contributed by atoms with Gasteiger partial charge in [-0.05, 0) is 74.7 Å². The molecule has 0 aromatic carbocycles. The lowest BCUT2D eigenvalue weighted by Crippen LogP contribution is -2.27. The number of hydrogen-bond acceptors (Lipinski definition) is 2. The second-order valence-electron chi connectivity index (χ2n) is 4.51. The molecule has 1 heterocycles. The zero-order chi connectivity index (χ0) is 11.7. The van der Waals surface area contributed by atoms with E-state index < -0.39 is 0 Å². The summed E-state index contributed by atoms with van der Waals surface area (Å²) in [5, 5.41) is 3.63. The van der Waals surface area contributed by atoms with Crippen LogP contribution in [0.2, 0.25) is 0 Å². The Hall–Kier alpha value is 0.620. The van der Waals surface area contributed by atoms with Crippen molar-refractivity contribution in [2.24, 2.45) is 11.8 Å². The third-order valence-corrected chi connectivity index (χ3v) is 5.72. The molecule has 16 heavy (non-hydrogen) atoms. The second kappa shape index (κ2) is 5.51. The van der Waals surface area contributed by atoms with Crippen molar-refractivity contribution in [2.45, 2.75) is 32.7 Å². The van der Waals surface area contributed by atoms with E-state index >= 15 is 0 Å². The summed E-state index contributed by atoms with van der Waals surface area (Å²) in [6, 6.07) is 2.75. The summed E-state index contributed by atoms with van der Waals surface area (Å²) in [5.41, 5.74) is 1.41. The monoisotopic (exact) mass is 365 g/mol. The first kappa shape index (κ1) is 13.1. The van der Waals surface area contributed by atoms with Crippen molar-refractivity contribution in [3.05, 3.63) is 19.2 Å². The van der Waals surface area contributed by atoms with Crippen LogP contribution in [0.5, 0.6) is 0 Å². The summed E-state index contributed by atoms with van der Waals surface area (Å²) >= 11 is 9.01. The minimum Gasteiger partial charge on any atom is -0.310 e. The Balaban J connectivity index is 2.20. The molecule has 0 radical (unpaired) electrons. The summed E-state index contributed by atoms with van der Waals surface area (Å²) < 4.78 is 2.47. The highest BCUT2D eigenvalue weighted by molar-refractivity contribution is 9.12. The fourth-order valence-corrected chi connectivity index (χ4v) is 5.19. The molecule has 1 saturated carbocycles. The highest BCUT2D eigenvalue weighted by Crippen LogP contribution is 2.46. The quantitative estimate of drug-likeness (QED) is 0.775. The first-order valence-electron chi connectivity index (χ1n) is 5.81. The maximum absolute atomic E-state index is 3.67. The number of halogens is 2. The van der Waals surface area contributed by atoms with Gasteiger partial charge in [-0.1, -0.05) is 13.8 Å². The lowest BCUT2D eigenvalue weighted by Gasteiger charge is -2.24. The van der Waals surface area contributed by atoms with E-state index in [1.54, 1.807) is 11.3 Å². The minimum absolute atomic E-state index is 0.495. The highest BCUT2D eigenvalue weighted by Gasteiger charge is 2.34. The van der Waals surface area contributed by atoms with E-state index in [0.717, 1.165) is 18.4 Å². The summed E-state index contributed by atoms with van der Waals surface area (Å²) in [6.45, 7) is 5.59. The zero-order valence-corrected chi connectivity index (χ0v) is 13.6. The third-order valence-electron chi connectivity index (χ3n) is 3.33. The standard InChI is InChI=1S/C12H17Br2NS/c1-3-15-11(7(2)8-4-5-8)9-6-10(13)16-12(9)14/h6-8,11,15H,3-5H2,1-2H3. The average molecular weight is 367 g/mol. The molecule has 1 aliphatic carbocycles. The maximum atomic E-state index is 3.67. The molecule has 90 valence electrons. The van der Waals surface area contributed by atoms with Gasteiger partial charge in [0.2, 0.25) is 0 Å². The Kier molecular flexibility index (Phi) is 4.50. The van der Waals surface area contributed by atoms with Crippen molar-refractivity contribution in [1.29, 1.82) is 0 Å². The first-order valence-corrected chi connectivity index (χ1v) is 8.21. The molecule has 0 saturated heterocycles. The SMILES string of the molecule is CCNC(c1cc(Br)sc1Br)C(C)C1CC1. The molecule has 0 bridgehead atoms. The minimum atomic E-state index is 0.495. The molecule has 0 amide bonds. The van der Waals surface area contributed by atoms with Crippen molar-refractivity contribution >= 4 is 43.2 Å². The predicted molar refractivity (Wildman–Crippen MR) is 78.0 cm³/mol. The van der Waals surface area contributed by atoms with Crippen LogP contribution in [0.4, 0.5) is 0 Å². The van der Waals surface area contributed by atoms with E-state index in [4.69, 9.17) is 0 Å². The van der Waals surface area contributed by atoms with Gasteiger partial charge in [-0.25, -0.2) is 0 Å². The normalized spacial score (nSPS) is 19.8. The van der Waals surface area contributed by atoms with Gasteiger partial charge in [0.25, 0.3) is 0 Å². The highest BCUT2D eigenvalue weighted by atomic mass is 79.9. The molecule has 1 aromatic rings. The summed E-state index contributed by atoms with van der Waals surface area (Å²) in [4.78, 5) is 0. The predicted octanol–water partition coefficient (Wildman–Crippen LogP) is 4.97. The van der Waals surface area contributed by atoms with Crippen LogP contribution in [0, 0.1) is 11.8 Å². The fraction of sp³-hybridized carbons (Fsp3) is 0.667. The van der Waals surface area contributed by atoms with Gasteiger partial charge in [0.05, 0.1) is 7.57 Å². The van der Waals surface area contributed by atoms with Crippen LogP contribution < -0.4 is 5.32 Å². The molecule has 2 rings (SSSR count). The van der Waals surface area contributed by atoms with E-state index in [1.807, 2.05) is 0 Å². The van der Waals surface area contributed by atoms with E-state index in [1.165, 1.54) is 26.0 Å². The fourth-order valence-electron chi connectivity index (χ4n) is 2.26.